The second kappa shape index (κ2) is 7.88. The van der Waals surface area contributed by atoms with Gasteiger partial charge in [0, 0.05) is 30.9 Å². The number of rotatable bonds is 4. The first-order valence-electron chi connectivity index (χ1n) is 10.3. The lowest BCUT2D eigenvalue weighted by atomic mass is 9.94. The van der Waals surface area contributed by atoms with Crippen LogP contribution in [0.15, 0.2) is 61.1 Å². The van der Waals surface area contributed by atoms with Crippen LogP contribution in [0.25, 0.3) is 11.3 Å². The Bertz CT molecular complexity index is 1070. The molecule has 152 valence electrons. The van der Waals surface area contributed by atoms with Crippen molar-refractivity contribution in [2.75, 3.05) is 13.6 Å². The summed E-state index contributed by atoms with van der Waals surface area (Å²) >= 11 is 0. The zero-order valence-corrected chi connectivity index (χ0v) is 16.9. The molecule has 2 aliphatic rings. The monoisotopic (exact) mass is 400 g/mol. The van der Waals surface area contributed by atoms with Gasteiger partial charge in [0.25, 0.3) is 0 Å². The summed E-state index contributed by atoms with van der Waals surface area (Å²) in [6.45, 7) is 1.28. The van der Waals surface area contributed by atoms with Gasteiger partial charge in [-0.3, -0.25) is 19.7 Å². The SMILES string of the molecule is CN1Cc2ccccc2C[C@H]1C(=O)NC[C@@H]1Cc2cccc(-c3cnccn3)c2O1. The molecular weight excluding hydrogens is 376 g/mol. The van der Waals surface area contributed by atoms with Crippen LogP contribution in [0, 0.1) is 0 Å². The van der Waals surface area contributed by atoms with Crippen LogP contribution < -0.4 is 10.1 Å². The van der Waals surface area contributed by atoms with Crippen molar-refractivity contribution in [2.24, 2.45) is 0 Å². The van der Waals surface area contributed by atoms with Crippen molar-refractivity contribution in [1.29, 1.82) is 0 Å². The number of likely N-dealkylation sites (N-methyl/N-ethyl adjacent to an activating group) is 1. The molecule has 3 heterocycles. The van der Waals surface area contributed by atoms with Gasteiger partial charge in [0.15, 0.2) is 0 Å². The number of para-hydroxylation sites is 1. The minimum absolute atomic E-state index is 0.0562. The number of hydrogen-bond donors (Lipinski definition) is 1. The van der Waals surface area contributed by atoms with Crippen LogP contribution >= 0.6 is 0 Å². The van der Waals surface area contributed by atoms with E-state index in [1.54, 1.807) is 18.6 Å². The molecule has 0 bridgehead atoms. The summed E-state index contributed by atoms with van der Waals surface area (Å²) in [5.74, 6) is 0.904. The average Bonchev–Trinajstić information content (AvgIpc) is 3.21. The Morgan fingerprint density at radius 1 is 1.10 bits per heavy atom. The van der Waals surface area contributed by atoms with E-state index in [0.717, 1.165) is 42.0 Å². The molecule has 2 aliphatic heterocycles. The number of aromatic nitrogens is 2. The van der Waals surface area contributed by atoms with Crippen LogP contribution in [-0.2, 0) is 24.2 Å². The summed E-state index contributed by atoms with van der Waals surface area (Å²) in [4.78, 5) is 23.6. The number of benzene rings is 2. The van der Waals surface area contributed by atoms with Crippen LogP contribution in [0.4, 0.5) is 0 Å². The third kappa shape index (κ3) is 3.55. The molecule has 6 nitrogen and oxygen atoms in total. The molecule has 0 saturated carbocycles. The van der Waals surface area contributed by atoms with E-state index < -0.39 is 0 Å². The first kappa shape index (κ1) is 18.8. The molecule has 1 aromatic heterocycles. The van der Waals surface area contributed by atoms with E-state index >= 15 is 0 Å². The quantitative estimate of drug-likeness (QED) is 0.729. The van der Waals surface area contributed by atoms with Crippen molar-refractivity contribution < 1.29 is 9.53 Å². The summed E-state index contributed by atoms with van der Waals surface area (Å²) in [7, 11) is 2.01. The number of carbonyl (C=O) groups is 1. The minimum Gasteiger partial charge on any atom is -0.487 e. The molecule has 2 aromatic carbocycles. The Kier molecular flexibility index (Phi) is 4.93. The lowest BCUT2D eigenvalue weighted by molar-refractivity contribution is -0.126. The zero-order chi connectivity index (χ0) is 20.5. The molecule has 1 N–H and O–H groups in total. The number of hydrogen-bond acceptors (Lipinski definition) is 5. The number of carbonyl (C=O) groups excluding carboxylic acids is 1. The van der Waals surface area contributed by atoms with Crippen molar-refractivity contribution in [3.8, 4) is 17.0 Å². The maximum Gasteiger partial charge on any atom is 0.237 e. The number of fused-ring (bicyclic) bond motifs is 2. The number of amides is 1. The Hall–Kier alpha value is -3.25. The van der Waals surface area contributed by atoms with Crippen molar-refractivity contribution >= 4 is 5.91 Å². The van der Waals surface area contributed by atoms with Crippen molar-refractivity contribution in [2.45, 2.75) is 31.5 Å². The molecule has 0 unspecified atom stereocenters. The third-order valence-corrected chi connectivity index (χ3v) is 5.96. The molecule has 0 radical (unpaired) electrons. The maximum absolute atomic E-state index is 12.9. The molecule has 5 rings (SSSR count). The predicted octanol–water partition coefficient (Wildman–Crippen LogP) is 2.62. The highest BCUT2D eigenvalue weighted by molar-refractivity contribution is 5.82. The molecule has 1 amide bonds. The van der Waals surface area contributed by atoms with E-state index in [2.05, 4.69) is 44.5 Å². The highest BCUT2D eigenvalue weighted by atomic mass is 16.5. The molecular formula is C24H24N4O2. The fourth-order valence-electron chi connectivity index (χ4n) is 4.37. The first-order valence-corrected chi connectivity index (χ1v) is 10.3. The summed E-state index contributed by atoms with van der Waals surface area (Å²) in [6, 6.07) is 14.3. The van der Waals surface area contributed by atoms with Crippen molar-refractivity contribution in [3.63, 3.8) is 0 Å². The smallest absolute Gasteiger partial charge is 0.237 e. The summed E-state index contributed by atoms with van der Waals surface area (Å²) < 4.78 is 6.22. The second-order valence-electron chi connectivity index (χ2n) is 7.98. The number of nitrogens with zero attached hydrogens (tertiary/aromatic N) is 3. The topological polar surface area (TPSA) is 67.4 Å². The Labute approximate surface area is 175 Å². The fourth-order valence-corrected chi connectivity index (χ4v) is 4.37. The van der Waals surface area contributed by atoms with Gasteiger partial charge in [0.2, 0.25) is 5.91 Å². The molecule has 0 spiro atoms. The second-order valence-corrected chi connectivity index (χ2v) is 7.98. The van der Waals surface area contributed by atoms with E-state index in [0.29, 0.717) is 6.54 Å². The number of ether oxygens (including phenoxy) is 1. The highest BCUT2D eigenvalue weighted by Gasteiger charge is 2.31. The van der Waals surface area contributed by atoms with Gasteiger partial charge in [-0.15, -0.1) is 0 Å². The van der Waals surface area contributed by atoms with E-state index in [1.807, 2.05) is 25.2 Å². The van der Waals surface area contributed by atoms with Crippen LogP contribution in [-0.4, -0.2) is 46.5 Å². The molecule has 0 aliphatic carbocycles. The summed E-state index contributed by atoms with van der Waals surface area (Å²) in [6.07, 6.45) is 6.51. The number of nitrogens with one attached hydrogen (secondary N) is 1. The Balaban J connectivity index is 1.24. The molecule has 3 aromatic rings. The standard InChI is InChI=1S/C24H24N4O2/c1-28-15-18-6-3-2-5-16(18)12-22(28)24(29)27-13-19-11-17-7-4-8-20(23(17)30-19)21-14-25-9-10-26-21/h2-10,14,19,22H,11-13,15H2,1H3,(H,27,29)/t19-,22-/m0/s1. The Morgan fingerprint density at radius 3 is 2.77 bits per heavy atom. The van der Waals surface area contributed by atoms with E-state index in [1.165, 1.54) is 11.1 Å². The van der Waals surface area contributed by atoms with Gasteiger partial charge in [0.05, 0.1) is 24.5 Å². The molecule has 2 atom stereocenters. The van der Waals surface area contributed by atoms with Gasteiger partial charge in [-0.05, 0) is 36.2 Å². The molecule has 0 saturated heterocycles. The highest BCUT2D eigenvalue weighted by Crippen LogP contribution is 2.37. The van der Waals surface area contributed by atoms with Crippen LogP contribution in [0.5, 0.6) is 5.75 Å². The van der Waals surface area contributed by atoms with Gasteiger partial charge in [-0.25, -0.2) is 0 Å². The zero-order valence-electron chi connectivity index (χ0n) is 16.9. The Morgan fingerprint density at radius 2 is 1.93 bits per heavy atom. The van der Waals surface area contributed by atoms with Gasteiger partial charge >= 0.3 is 0 Å². The lowest BCUT2D eigenvalue weighted by Crippen LogP contribution is -2.50. The van der Waals surface area contributed by atoms with Gasteiger partial charge in [-0.1, -0.05) is 36.4 Å². The van der Waals surface area contributed by atoms with Gasteiger partial charge < -0.3 is 10.1 Å². The van der Waals surface area contributed by atoms with E-state index in [9.17, 15) is 4.79 Å². The van der Waals surface area contributed by atoms with Crippen LogP contribution in [0.3, 0.4) is 0 Å². The van der Waals surface area contributed by atoms with Gasteiger partial charge in [0.1, 0.15) is 11.9 Å². The maximum atomic E-state index is 12.9. The largest absolute Gasteiger partial charge is 0.487 e. The first-order chi connectivity index (χ1) is 14.7. The summed E-state index contributed by atoms with van der Waals surface area (Å²) in [5.41, 5.74) is 5.43. The lowest BCUT2D eigenvalue weighted by Gasteiger charge is -2.33. The normalized spacial score (nSPS) is 20.2. The third-order valence-electron chi connectivity index (χ3n) is 5.96. The fraction of sp³-hybridized carbons (Fsp3) is 0.292. The van der Waals surface area contributed by atoms with Crippen molar-refractivity contribution in [1.82, 2.24) is 20.2 Å². The molecule has 6 heteroatoms. The van der Waals surface area contributed by atoms with Crippen molar-refractivity contribution in [3.05, 3.63) is 77.7 Å². The van der Waals surface area contributed by atoms with Gasteiger partial charge in [-0.2, -0.15) is 0 Å². The van der Waals surface area contributed by atoms with Crippen LogP contribution in [0.1, 0.15) is 16.7 Å². The summed E-state index contributed by atoms with van der Waals surface area (Å²) in [5, 5.41) is 3.12. The van der Waals surface area contributed by atoms with E-state index in [4.69, 9.17) is 4.74 Å². The van der Waals surface area contributed by atoms with E-state index in [-0.39, 0.29) is 18.1 Å². The predicted molar refractivity (Wildman–Crippen MR) is 114 cm³/mol. The molecule has 30 heavy (non-hydrogen) atoms. The minimum atomic E-state index is -0.154. The molecule has 0 fully saturated rings. The van der Waals surface area contributed by atoms with Crippen LogP contribution in [0.2, 0.25) is 0 Å². The average molecular weight is 400 g/mol.